The van der Waals surface area contributed by atoms with Crippen LogP contribution in [0.15, 0.2) is 34.9 Å². The van der Waals surface area contributed by atoms with E-state index >= 15 is 0 Å². The molecule has 0 aromatic rings. The van der Waals surface area contributed by atoms with Crippen molar-refractivity contribution >= 4 is 6.09 Å². The van der Waals surface area contributed by atoms with Gasteiger partial charge in [0.15, 0.2) is 0 Å². The monoisotopic (exact) mass is 403 g/mol. The van der Waals surface area contributed by atoms with Crippen LogP contribution in [-0.2, 0) is 4.74 Å². The molecule has 0 saturated heterocycles. The van der Waals surface area contributed by atoms with Crippen molar-refractivity contribution in [2.24, 2.45) is 5.92 Å². The van der Waals surface area contributed by atoms with Gasteiger partial charge in [0, 0.05) is 6.04 Å². The minimum Gasteiger partial charge on any atom is -0.449 e. The number of hydrogen-bond acceptors (Lipinski definition) is 2. The molecule has 3 heteroatoms. The van der Waals surface area contributed by atoms with Crippen molar-refractivity contribution in [1.29, 1.82) is 0 Å². The molecule has 1 N–H and O–H groups in total. The first-order valence-corrected chi connectivity index (χ1v) is 11.7. The van der Waals surface area contributed by atoms with Crippen LogP contribution in [0, 0.1) is 5.92 Å². The maximum atomic E-state index is 11.9. The Balaban J connectivity index is 2.13. The number of carbonyl (C=O) groups excluding carboxylic acids is 1. The third kappa shape index (κ3) is 14.2. The van der Waals surface area contributed by atoms with Gasteiger partial charge in [-0.25, -0.2) is 4.79 Å². The number of ether oxygens (including phenoxy) is 1. The van der Waals surface area contributed by atoms with Crippen LogP contribution >= 0.6 is 0 Å². The van der Waals surface area contributed by atoms with Gasteiger partial charge >= 0.3 is 6.09 Å². The van der Waals surface area contributed by atoms with Gasteiger partial charge in [-0.2, -0.15) is 0 Å². The summed E-state index contributed by atoms with van der Waals surface area (Å²) in [6.45, 7) is 11.5. The van der Waals surface area contributed by atoms with E-state index in [0.717, 1.165) is 44.9 Å². The molecule has 0 aliphatic heterocycles. The van der Waals surface area contributed by atoms with Gasteiger partial charge in [-0.15, -0.1) is 0 Å². The molecule has 1 amide bonds. The molecule has 3 nitrogen and oxygen atoms in total. The topological polar surface area (TPSA) is 38.3 Å². The van der Waals surface area contributed by atoms with Gasteiger partial charge in [0.05, 0.1) is 6.61 Å². The molecule has 0 aromatic heterocycles. The van der Waals surface area contributed by atoms with Crippen LogP contribution in [0.5, 0.6) is 0 Å². The van der Waals surface area contributed by atoms with Crippen molar-refractivity contribution < 1.29 is 9.53 Å². The van der Waals surface area contributed by atoms with Crippen molar-refractivity contribution in [2.75, 3.05) is 6.61 Å². The van der Waals surface area contributed by atoms with E-state index in [1.807, 2.05) is 0 Å². The average molecular weight is 404 g/mol. The lowest BCUT2D eigenvalue weighted by molar-refractivity contribution is 0.122. The summed E-state index contributed by atoms with van der Waals surface area (Å²) < 4.78 is 5.42. The summed E-state index contributed by atoms with van der Waals surface area (Å²) in [4.78, 5) is 11.9. The molecule has 166 valence electrons. The summed E-state index contributed by atoms with van der Waals surface area (Å²) in [6, 6.07) is 0.321. The Morgan fingerprint density at radius 2 is 1.52 bits per heavy atom. The molecule has 1 fully saturated rings. The van der Waals surface area contributed by atoms with Crippen molar-refractivity contribution in [3.8, 4) is 0 Å². The number of nitrogens with one attached hydrogen (secondary N) is 1. The minimum absolute atomic E-state index is 0.234. The van der Waals surface area contributed by atoms with E-state index in [2.05, 4.69) is 58.2 Å². The first kappa shape index (κ1) is 25.5. The highest BCUT2D eigenvalue weighted by molar-refractivity contribution is 5.67. The molecule has 1 atom stereocenters. The second kappa shape index (κ2) is 15.3. The zero-order valence-electron chi connectivity index (χ0n) is 19.7. The van der Waals surface area contributed by atoms with Crippen LogP contribution in [0.25, 0.3) is 0 Å². The highest BCUT2D eigenvalue weighted by atomic mass is 16.5. The number of rotatable bonds is 12. The molecule has 1 aliphatic carbocycles. The fourth-order valence-corrected chi connectivity index (χ4v) is 3.71. The molecule has 1 unspecified atom stereocenters. The third-order valence-electron chi connectivity index (χ3n) is 5.70. The predicted molar refractivity (Wildman–Crippen MR) is 125 cm³/mol. The SMILES string of the molecule is CC(C)=CCCC(C)=CCCC(C)=CCCC(C)COC(=O)NC1CCCCC1. The van der Waals surface area contributed by atoms with Crippen molar-refractivity contribution in [1.82, 2.24) is 5.32 Å². The van der Waals surface area contributed by atoms with Crippen LogP contribution in [0.4, 0.5) is 4.79 Å². The predicted octanol–water partition coefficient (Wildman–Crippen LogP) is 7.88. The van der Waals surface area contributed by atoms with Crippen LogP contribution < -0.4 is 5.32 Å². The molecule has 29 heavy (non-hydrogen) atoms. The van der Waals surface area contributed by atoms with E-state index in [-0.39, 0.29) is 6.09 Å². The highest BCUT2D eigenvalue weighted by Gasteiger charge is 2.16. The first-order valence-electron chi connectivity index (χ1n) is 11.7. The summed E-state index contributed by atoms with van der Waals surface area (Å²) in [5, 5.41) is 3.02. The quantitative estimate of drug-likeness (QED) is 0.336. The van der Waals surface area contributed by atoms with E-state index in [1.165, 1.54) is 42.4 Å². The van der Waals surface area contributed by atoms with Gasteiger partial charge in [-0.1, -0.05) is 61.1 Å². The summed E-state index contributed by atoms with van der Waals surface area (Å²) in [5.74, 6) is 0.397. The summed E-state index contributed by atoms with van der Waals surface area (Å²) in [6.07, 6.45) is 19.4. The lowest BCUT2D eigenvalue weighted by Crippen LogP contribution is -2.37. The van der Waals surface area contributed by atoms with Gasteiger partial charge < -0.3 is 10.1 Å². The zero-order valence-corrected chi connectivity index (χ0v) is 19.7. The van der Waals surface area contributed by atoms with Crippen LogP contribution in [-0.4, -0.2) is 18.7 Å². The van der Waals surface area contributed by atoms with E-state index in [0.29, 0.717) is 18.6 Å². The molecule has 1 rings (SSSR count). The van der Waals surface area contributed by atoms with Gasteiger partial charge in [0.1, 0.15) is 0 Å². The molecule has 1 aliphatic rings. The number of allylic oxidation sites excluding steroid dienone is 6. The number of amides is 1. The maximum absolute atomic E-state index is 11.9. The lowest BCUT2D eigenvalue weighted by atomic mass is 9.96. The largest absolute Gasteiger partial charge is 0.449 e. The Morgan fingerprint density at radius 1 is 0.931 bits per heavy atom. The second-order valence-corrected chi connectivity index (χ2v) is 9.22. The Hall–Kier alpha value is -1.51. The molecule has 1 saturated carbocycles. The smallest absolute Gasteiger partial charge is 0.407 e. The highest BCUT2D eigenvalue weighted by Crippen LogP contribution is 2.18. The Bertz CT molecular complexity index is 549. The van der Waals surface area contributed by atoms with Crippen LogP contribution in [0.3, 0.4) is 0 Å². The third-order valence-corrected chi connectivity index (χ3v) is 5.70. The van der Waals surface area contributed by atoms with E-state index in [4.69, 9.17) is 4.74 Å². The molecule has 0 bridgehead atoms. The number of carbonyl (C=O) groups is 1. The summed E-state index contributed by atoms with van der Waals surface area (Å²) in [5.41, 5.74) is 4.36. The van der Waals surface area contributed by atoms with Gasteiger partial charge in [-0.05, 0) is 85.0 Å². The van der Waals surface area contributed by atoms with Crippen LogP contribution in [0.1, 0.15) is 105 Å². The van der Waals surface area contributed by atoms with Gasteiger partial charge in [0.25, 0.3) is 0 Å². The second-order valence-electron chi connectivity index (χ2n) is 9.22. The standard InChI is InChI=1S/C26H45NO2/c1-21(2)12-9-13-22(3)14-10-15-23(4)16-11-17-24(5)20-29-26(28)27-25-18-7-6-8-19-25/h12,14,16,24-25H,6-11,13,15,17-20H2,1-5H3,(H,27,28). The Labute approximate surface area is 180 Å². The maximum Gasteiger partial charge on any atom is 0.407 e. The normalized spacial score (nSPS) is 17.0. The van der Waals surface area contributed by atoms with Gasteiger partial charge in [0.2, 0.25) is 0 Å². The fraction of sp³-hybridized carbons (Fsp3) is 0.731. The molecular formula is C26H45NO2. The van der Waals surface area contributed by atoms with Crippen LogP contribution in [0.2, 0.25) is 0 Å². The molecule has 0 radical (unpaired) electrons. The molecule has 0 heterocycles. The average Bonchev–Trinajstić information content (AvgIpc) is 2.67. The molecule has 0 spiro atoms. The van der Waals surface area contributed by atoms with E-state index in [9.17, 15) is 4.79 Å². The minimum atomic E-state index is -0.234. The van der Waals surface area contributed by atoms with E-state index < -0.39 is 0 Å². The Kier molecular flexibility index (Phi) is 13.5. The number of hydrogen-bond donors (Lipinski definition) is 1. The van der Waals surface area contributed by atoms with E-state index in [1.54, 1.807) is 0 Å². The van der Waals surface area contributed by atoms with Crippen molar-refractivity contribution in [3.63, 3.8) is 0 Å². The molecule has 0 aromatic carbocycles. The van der Waals surface area contributed by atoms with Crippen molar-refractivity contribution in [3.05, 3.63) is 34.9 Å². The first-order chi connectivity index (χ1) is 13.9. The van der Waals surface area contributed by atoms with Crippen molar-refractivity contribution in [2.45, 2.75) is 111 Å². The van der Waals surface area contributed by atoms with Gasteiger partial charge in [-0.3, -0.25) is 0 Å². The lowest BCUT2D eigenvalue weighted by Gasteiger charge is -2.22. The Morgan fingerprint density at radius 3 is 2.14 bits per heavy atom. The summed E-state index contributed by atoms with van der Waals surface area (Å²) in [7, 11) is 0. The summed E-state index contributed by atoms with van der Waals surface area (Å²) >= 11 is 0. The zero-order chi connectivity index (χ0) is 21.5. The molecular weight excluding hydrogens is 358 g/mol. The number of alkyl carbamates (subject to hydrolysis) is 1. The fourth-order valence-electron chi connectivity index (χ4n) is 3.71.